The minimum Gasteiger partial charge on any atom is -0.394 e. The van der Waals surface area contributed by atoms with E-state index in [1.165, 1.54) is 0 Å². The van der Waals surface area contributed by atoms with E-state index in [4.69, 9.17) is 9.84 Å². The fourth-order valence-electron chi connectivity index (χ4n) is 1.34. The van der Waals surface area contributed by atoms with Gasteiger partial charge in [-0.25, -0.2) is 0 Å². The Morgan fingerprint density at radius 1 is 1.25 bits per heavy atom. The first-order valence-corrected chi connectivity index (χ1v) is 3.94. The van der Waals surface area contributed by atoms with Gasteiger partial charge in [-0.3, -0.25) is 0 Å². The number of aliphatic hydroxyl groups is 3. The number of hydrogen-bond acceptors (Lipinski definition) is 4. The van der Waals surface area contributed by atoms with Crippen LogP contribution in [0.5, 0.6) is 0 Å². The molecule has 1 fully saturated rings. The number of ether oxygens (including phenoxy) is 1. The summed E-state index contributed by atoms with van der Waals surface area (Å²) in [5.41, 5.74) is 0. The van der Waals surface area contributed by atoms with Gasteiger partial charge in [-0.1, -0.05) is 6.08 Å². The third kappa shape index (κ3) is 1.67. The van der Waals surface area contributed by atoms with Gasteiger partial charge in [-0.05, 0) is 6.42 Å². The molecule has 0 aromatic carbocycles. The van der Waals surface area contributed by atoms with Gasteiger partial charge in [0, 0.05) is 0 Å². The van der Waals surface area contributed by atoms with Crippen molar-refractivity contribution in [2.24, 2.45) is 0 Å². The van der Waals surface area contributed by atoms with Crippen LogP contribution in [0.25, 0.3) is 0 Å². The van der Waals surface area contributed by atoms with E-state index in [0.717, 1.165) is 0 Å². The fourth-order valence-corrected chi connectivity index (χ4v) is 1.34. The highest BCUT2D eigenvalue weighted by molar-refractivity contribution is 4.93. The first-order chi connectivity index (χ1) is 5.70. The maximum absolute atomic E-state index is 9.36. The second-order valence-corrected chi connectivity index (χ2v) is 2.90. The molecule has 0 saturated carbocycles. The van der Waals surface area contributed by atoms with Crippen LogP contribution in [-0.4, -0.2) is 46.3 Å². The standard InChI is InChI=1S/C8H14O4/c1-2-3-5-7(10)8(11)6(4-9)12-5/h2,5-11H,1,3-4H2/t5-,6+,7+,8+/m0/s1. The summed E-state index contributed by atoms with van der Waals surface area (Å²) in [4.78, 5) is 0. The van der Waals surface area contributed by atoms with Crippen molar-refractivity contribution in [3.05, 3.63) is 12.7 Å². The maximum Gasteiger partial charge on any atom is 0.111 e. The second kappa shape index (κ2) is 4.00. The van der Waals surface area contributed by atoms with Crippen LogP contribution in [0.3, 0.4) is 0 Å². The van der Waals surface area contributed by atoms with Crippen molar-refractivity contribution in [2.75, 3.05) is 6.61 Å². The number of hydrogen-bond donors (Lipinski definition) is 3. The van der Waals surface area contributed by atoms with Crippen molar-refractivity contribution < 1.29 is 20.1 Å². The molecular weight excluding hydrogens is 160 g/mol. The Kier molecular flexibility index (Phi) is 3.22. The van der Waals surface area contributed by atoms with Crippen LogP contribution in [0.1, 0.15) is 6.42 Å². The molecule has 0 amide bonds. The normalized spacial score (nSPS) is 41.6. The van der Waals surface area contributed by atoms with Gasteiger partial charge >= 0.3 is 0 Å². The van der Waals surface area contributed by atoms with Crippen molar-refractivity contribution in [1.82, 2.24) is 0 Å². The Balaban J connectivity index is 2.53. The van der Waals surface area contributed by atoms with E-state index in [-0.39, 0.29) is 6.61 Å². The molecule has 1 heterocycles. The summed E-state index contributed by atoms with van der Waals surface area (Å²) in [7, 11) is 0. The molecular formula is C8H14O4. The lowest BCUT2D eigenvalue weighted by atomic mass is 10.1. The Morgan fingerprint density at radius 3 is 2.25 bits per heavy atom. The molecule has 4 atom stereocenters. The third-order valence-corrected chi connectivity index (χ3v) is 2.04. The molecule has 0 aliphatic carbocycles. The zero-order valence-corrected chi connectivity index (χ0v) is 6.76. The number of rotatable bonds is 3. The van der Waals surface area contributed by atoms with Gasteiger partial charge in [0.05, 0.1) is 12.7 Å². The quantitative estimate of drug-likeness (QED) is 0.482. The molecule has 0 aromatic rings. The van der Waals surface area contributed by atoms with Crippen LogP contribution in [-0.2, 0) is 4.74 Å². The molecule has 0 spiro atoms. The first-order valence-electron chi connectivity index (χ1n) is 3.94. The van der Waals surface area contributed by atoms with E-state index < -0.39 is 24.4 Å². The molecule has 12 heavy (non-hydrogen) atoms. The molecule has 1 saturated heterocycles. The molecule has 1 rings (SSSR count). The van der Waals surface area contributed by atoms with Crippen LogP contribution >= 0.6 is 0 Å². The Bertz CT molecular complexity index is 159. The van der Waals surface area contributed by atoms with E-state index in [1.54, 1.807) is 6.08 Å². The lowest BCUT2D eigenvalue weighted by Gasteiger charge is -2.11. The van der Waals surface area contributed by atoms with E-state index in [2.05, 4.69) is 6.58 Å². The predicted octanol–water partition coefficient (Wildman–Crippen LogP) is -0.956. The van der Waals surface area contributed by atoms with Gasteiger partial charge < -0.3 is 20.1 Å². The van der Waals surface area contributed by atoms with Crippen molar-refractivity contribution in [3.63, 3.8) is 0 Å². The van der Waals surface area contributed by atoms with Gasteiger partial charge in [0.15, 0.2) is 0 Å². The van der Waals surface area contributed by atoms with E-state index in [9.17, 15) is 10.2 Å². The van der Waals surface area contributed by atoms with Crippen molar-refractivity contribution in [3.8, 4) is 0 Å². The summed E-state index contributed by atoms with van der Waals surface area (Å²) >= 11 is 0. The van der Waals surface area contributed by atoms with E-state index in [1.807, 2.05) is 0 Å². The average Bonchev–Trinajstić information content (AvgIpc) is 2.33. The zero-order valence-electron chi connectivity index (χ0n) is 6.76. The van der Waals surface area contributed by atoms with Crippen molar-refractivity contribution in [2.45, 2.75) is 30.8 Å². The summed E-state index contributed by atoms with van der Waals surface area (Å²) in [6.07, 6.45) is -0.908. The topological polar surface area (TPSA) is 69.9 Å². The molecule has 1 aliphatic rings. The molecule has 1 aliphatic heterocycles. The molecule has 0 aromatic heterocycles. The third-order valence-electron chi connectivity index (χ3n) is 2.04. The van der Waals surface area contributed by atoms with Gasteiger partial charge in [-0.15, -0.1) is 6.58 Å². The molecule has 3 N–H and O–H groups in total. The van der Waals surface area contributed by atoms with Crippen molar-refractivity contribution >= 4 is 0 Å². The smallest absolute Gasteiger partial charge is 0.111 e. The summed E-state index contributed by atoms with van der Waals surface area (Å²) in [6.45, 7) is 3.23. The van der Waals surface area contributed by atoms with Gasteiger partial charge in [0.25, 0.3) is 0 Å². The lowest BCUT2D eigenvalue weighted by Crippen LogP contribution is -2.33. The van der Waals surface area contributed by atoms with Gasteiger partial charge in [0.2, 0.25) is 0 Å². The maximum atomic E-state index is 9.36. The largest absolute Gasteiger partial charge is 0.394 e. The second-order valence-electron chi connectivity index (χ2n) is 2.90. The molecule has 70 valence electrons. The monoisotopic (exact) mass is 174 g/mol. The average molecular weight is 174 g/mol. The Morgan fingerprint density at radius 2 is 1.83 bits per heavy atom. The van der Waals surface area contributed by atoms with Crippen LogP contribution in [0.2, 0.25) is 0 Å². The molecule has 0 bridgehead atoms. The van der Waals surface area contributed by atoms with Crippen LogP contribution in [0.4, 0.5) is 0 Å². The first kappa shape index (κ1) is 9.67. The van der Waals surface area contributed by atoms with Crippen LogP contribution in [0, 0.1) is 0 Å². The van der Waals surface area contributed by atoms with Gasteiger partial charge in [0.1, 0.15) is 18.3 Å². The highest BCUT2D eigenvalue weighted by Gasteiger charge is 2.41. The summed E-state index contributed by atoms with van der Waals surface area (Å²) < 4.78 is 5.15. The van der Waals surface area contributed by atoms with Crippen LogP contribution in [0.15, 0.2) is 12.7 Å². The minimum atomic E-state index is -0.986. The number of aliphatic hydroxyl groups excluding tert-OH is 3. The highest BCUT2D eigenvalue weighted by atomic mass is 16.6. The van der Waals surface area contributed by atoms with E-state index >= 15 is 0 Å². The van der Waals surface area contributed by atoms with Gasteiger partial charge in [-0.2, -0.15) is 0 Å². The van der Waals surface area contributed by atoms with Crippen molar-refractivity contribution in [1.29, 1.82) is 0 Å². The Hall–Kier alpha value is -0.420. The SMILES string of the molecule is C=CC[C@@H]1O[C@H](CO)[C@@H](O)[C@@H]1O. The summed E-state index contributed by atoms with van der Waals surface area (Å²) in [6, 6.07) is 0. The summed E-state index contributed by atoms with van der Waals surface area (Å²) in [5.74, 6) is 0. The lowest BCUT2D eigenvalue weighted by molar-refractivity contribution is -0.0208. The van der Waals surface area contributed by atoms with E-state index in [0.29, 0.717) is 6.42 Å². The fraction of sp³-hybridized carbons (Fsp3) is 0.750. The Labute approximate surface area is 71.1 Å². The predicted molar refractivity (Wildman–Crippen MR) is 42.6 cm³/mol. The summed E-state index contributed by atoms with van der Waals surface area (Å²) in [5, 5.41) is 27.4. The molecule has 4 nitrogen and oxygen atoms in total. The highest BCUT2D eigenvalue weighted by Crippen LogP contribution is 2.23. The zero-order chi connectivity index (χ0) is 9.14. The molecule has 0 radical (unpaired) electrons. The molecule has 4 heteroatoms. The minimum absolute atomic E-state index is 0.272. The van der Waals surface area contributed by atoms with Crippen LogP contribution < -0.4 is 0 Å². The molecule has 0 unspecified atom stereocenters.